The van der Waals surface area contributed by atoms with E-state index in [9.17, 15) is 9.59 Å². The minimum absolute atomic E-state index is 0.151. The minimum Gasteiger partial charge on any atom is -0.449 e. The fourth-order valence-corrected chi connectivity index (χ4v) is 2.57. The number of anilines is 1. The van der Waals surface area contributed by atoms with Gasteiger partial charge in [0.15, 0.2) is 5.82 Å². The molecule has 0 spiro atoms. The molecular weight excluding hydrogens is 358 g/mol. The summed E-state index contributed by atoms with van der Waals surface area (Å²) in [6.07, 6.45) is 3.24. The van der Waals surface area contributed by atoms with E-state index in [0.717, 1.165) is 5.56 Å². The largest absolute Gasteiger partial charge is 0.449 e. The van der Waals surface area contributed by atoms with Gasteiger partial charge in [-0.05, 0) is 23.6 Å². The summed E-state index contributed by atoms with van der Waals surface area (Å²) < 4.78 is 8.37. The molecule has 0 bridgehead atoms. The standard InChI is InChI=1S/C20H23N5O3/c1-14(2)13-28-20(27)21-16-6-4-5-15(11-16)12-17-18(26)7-10-25(22-17)19-8-9-24(3)23-19/h4-11,14H,12-13H2,1-3H3,(H,21,27). The second-order valence-corrected chi connectivity index (χ2v) is 6.91. The van der Waals surface area contributed by atoms with Gasteiger partial charge in [-0.15, -0.1) is 0 Å². The average Bonchev–Trinajstić information content (AvgIpc) is 3.08. The fourth-order valence-electron chi connectivity index (χ4n) is 2.57. The van der Waals surface area contributed by atoms with Gasteiger partial charge in [0.1, 0.15) is 5.69 Å². The highest BCUT2D eigenvalue weighted by Crippen LogP contribution is 2.13. The SMILES string of the molecule is CC(C)COC(=O)Nc1cccc(Cc2nn(-c3ccn(C)n3)ccc2=O)c1. The van der Waals surface area contributed by atoms with Crippen molar-refractivity contribution in [3.63, 3.8) is 0 Å². The molecule has 0 saturated heterocycles. The number of aromatic nitrogens is 4. The topological polar surface area (TPSA) is 91.0 Å². The van der Waals surface area contributed by atoms with Crippen LogP contribution in [0.3, 0.4) is 0 Å². The molecule has 0 atom stereocenters. The molecule has 1 N–H and O–H groups in total. The lowest BCUT2D eigenvalue weighted by molar-refractivity contribution is 0.147. The van der Waals surface area contributed by atoms with Gasteiger partial charge < -0.3 is 4.74 Å². The number of nitrogens with one attached hydrogen (secondary N) is 1. The Balaban J connectivity index is 1.75. The van der Waals surface area contributed by atoms with Crippen LogP contribution in [-0.2, 0) is 18.2 Å². The number of hydrogen-bond acceptors (Lipinski definition) is 5. The summed E-state index contributed by atoms with van der Waals surface area (Å²) in [5, 5.41) is 11.4. The van der Waals surface area contributed by atoms with Crippen molar-refractivity contribution in [3.05, 3.63) is 70.3 Å². The highest BCUT2D eigenvalue weighted by molar-refractivity contribution is 5.84. The van der Waals surface area contributed by atoms with Gasteiger partial charge in [0, 0.05) is 43.7 Å². The first-order valence-electron chi connectivity index (χ1n) is 9.02. The van der Waals surface area contributed by atoms with Gasteiger partial charge >= 0.3 is 6.09 Å². The molecule has 1 amide bonds. The van der Waals surface area contributed by atoms with Crippen LogP contribution < -0.4 is 10.7 Å². The van der Waals surface area contributed by atoms with Crippen molar-refractivity contribution in [3.8, 4) is 5.82 Å². The molecule has 0 saturated carbocycles. The van der Waals surface area contributed by atoms with E-state index in [4.69, 9.17) is 4.74 Å². The number of amides is 1. The Hall–Kier alpha value is -3.42. The molecule has 0 unspecified atom stereocenters. The molecule has 8 heteroatoms. The zero-order valence-electron chi connectivity index (χ0n) is 16.1. The maximum atomic E-state index is 12.2. The Morgan fingerprint density at radius 1 is 1.18 bits per heavy atom. The summed E-state index contributed by atoms with van der Waals surface area (Å²) >= 11 is 0. The normalized spacial score (nSPS) is 10.9. The molecule has 0 fully saturated rings. The molecule has 146 valence electrons. The van der Waals surface area contributed by atoms with Crippen molar-refractivity contribution in [1.29, 1.82) is 0 Å². The van der Waals surface area contributed by atoms with Crippen LogP contribution in [0.2, 0.25) is 0 Å². The first-order valence-corrected chi connectivity index (χ1v) is 9.02. The summed E-state index contributed by atoms with van der Waals surface area (Å²) in [7, 11) is 1.82. The van der Waals surface area contributed by atoms with E-state index in [2.05, 4.69) is 15.5 Å². The van der Waals surface area contributed by atoms with Crippen molar-refractivity contribution in [1.82, 2.24) is 19.6 Å². The Kier molecular flexibility index (Phi) is 5.88. The number of carbonyl (C=O) groups excluding carboxylic acids is 1. The van der Waals surface area contributed by atoms with Gasteiger partial charge in [0.05, 0.1) is 6.61 Å². The second-order valence-electron chi connectivity index (χ2n) is 6.91. The van der Waals surface area contributed by atoms with Crippen LogP contribution >= 0.6 is 0 Å². The van der Waals surface area contributed by atoms with Gasteiger partial charge in [-0.2, -0.15) is 10.2 Å². The number of aryl methyl sites for hydroxylation is 1. The third-order valence-electron chi connectivity index (χ3n) is 3.91. The van der Waals surface area contributed by atoms with Crippen LogP contribution in [0.1, 0.15) is 25.1 Å². The fraction of sp³-hybridized carbons (Fsp3) is 0.300. The molecule has 3 rings (SSSR count). The Bertz CT molecular complexity index is 1020. The van der Waals surface area contributed by atoms with Crippen LogP contribution in [-0.4, -0.2) is 32.3 Å². The molecule has 8 nitrogen and oxygen atoms in total. The molecular formula is C20H23N5O3. The minimum atomic E-state index is -0.499. The van der Waals surface area contributed by atoms with Crippen molar-refractivity contribution < 1.29 is 9.53 Å². The summed E-state index contributed by atoms with van der Waals surface area (Å²) in [4.78, 5) is 24.1. The zero-order chi connectivity index (χ0) is 20.1. The van der Waals surface area contributed by atoms with Crippen LogP contribution in [0.4, 0.5) is 10.5 Å². The summed E-state index contributed by atoms with van der Waals surface area (Å²) in [5.41, 5.74) is 1.70. The molecule has 0 aliphatic carbocycles. The predicted octanol–water partition coefficient (Wildman–Crippen LogP) is 2.76. The highest BCUT2D eigenvalue weighted by Gasteiger charge is 2.09. The maximum absolute atomic E-state index is 12.2. The molecule has 2 aromatic heterocycles. The van der Waals surface area contributed by atoms with Crippen LogP contribution in [0.5, 0.6) is 0 Å². The molecule has 0 aliphatic heterocycles. The monoisotopic (exact) mass is 381 g/mol. The Morgan fingerprint density at radius 2 is 2.00 bits per heavy atom. The van der Waals surface area contributed by atoms with Crippen LogP contribution in [0, 0.1) is 5.92 Å². The van der Waals surface area contributed by atoms with Gasteiger partial charge in [-0.1, -0.05) is 26.0 Å². The van der Waals surface area contributed by atoms with Crippen LogP contribution in [0.15, 0.2) is 53.6 Å². The first-order chi connectivity index (χ1) is 13.4. The number of rotatable bonds is 6. The molecule has 2 heterocycles. The average molecular weight is 381 g/mol. The lowest BCUT2D eigenvalue weighted by Crippen LogP contribution is -2.17. The molecule has 0 aliphatic rings. The van der Waals surface area contributed by atoms with E-state index in [0.29, 0.717) is 30.2 Å². The summed E-state index contributed by atoms with van der Waals surface area (Å²) in [6.45, 7) is 4.30. The van der Waals surface area contributed by atoms with Crippen LogP contribution in [0.25, 0.3) is 5.82 Å². The molecule has 1 aromatic carbocycles. The zero-order valence-corrected chi connectivity index (χ0v) is 16.1. The van der Waals surface area contributed by atoms with E-state index in [-0.39, 0.29) is 11.3 Å². The lowest BCUT2D eigenvalue weighted by Gasteiger charge is -2.10. The number of ether oxygens (including phenoxy) is 1. The van der Waals surface area contributed by atoms with Crippen molar-refractivity contribution >= 4 is 11.8 Å². The van der Waals surface area contributed by atoms with E-state index < -0.39 is 6.09 Å². The quantitative estimate of drug-likeness (QED) is 0.709. The maximum Gasteiger partial charge on any atom is 0.411 e. The molecule has 28 heavy (non-hydrogen) atoms. The lowest BCUT2D eigenvalue weighted by atomic mass is 10.1. The van der Waals surface area contributed by atoms with E-state index in [1.807, 2.05) is 45.3 Å². The summed E-state index contributed by atoms with van der Waals surface area (Å²) in [5.74, 6) is 0.898. The Labute approximate surface area is 162 Å². The van der Waals surface area contributed by atoms with Gasteiger partial charge in [-0.3, -0.25) is 14.8 Å². The van der Waals surface area contributed by atoms with E-state index in [1.165, 1.54) is 6.07 Å². The Morgan fingerprint density at radius 3 is 2.71 bits per heavy atom. The highest BCUT2D eigenvalue weighted by atomic mass is 16.5. The van der Waals surface area contributed by atoms with Crippen molar-refractivity contribution in [2.75, 3.05) is 11.9 Å². The van der Waals surface area contributed by atoms with E-state index in [1.54, 1.807) is 27.7 Å². The van der Waals surface area contributed by atoms with Gasteiger partial charge in [-0.25, -0.2) is 9.48 Å². The van der Waals surface area contributed by atoms with E-state index >= 15 is 0 Å². The van der Waals surface area contributed by atoms with Gasteiger partial charge in [0.2, 0.25) is 5.43 Å². The number of nitrogens with zero attached hydrogens (tertiary/aromatic N) is 4. The number of hydrogen-bond donors (Lipinski definition) is 1. The third kappa shape index (κ3) is 5.06. The smallest absolute Gasteiger partial charge is 0.411 e. The first kappa shape index (κ1) is 19.3. The van der Waals surface area contributed by atoms with Gasteiger partial charge in [0.25, 0.3) is 0 Å². The number of carbonyl (C=O) groups is 1. The van der Waals surface area contributed by atoms with Crippen molar-refractivity contribution in [2.24, 2.45) is 13.0 Å². The molecule has 3 aromatic rings. The molecule has 0 radical (unpaired) electrons. The van der Waals surface area contributed by atoms with Crippen molar-refractivity contribution in [2.45, 2.75) is 20.3 Å². The number of benzene rings is 1. The predicted molar refractivity (Wildman–Crippen MR) is 106 cm³/mol. The third-order valence-corrected chi connectivity index (χ3v) is 3.91. The second kappa shape index (κ2) is 8.51. The summed E-state index contributed by atoms with van der Waals surface area (Å²) in [6, 6.07) is 10.6.